The quantitative estimate of drug-likeness (QED) is 0.854. The van der Waals surface area contributed by atoms with E-state index in [0.29, 0.717) is 23.9 Å². The van der Waals surface area contributed by atoms with Crippen LogP contribution >= 0.6 is 11.6 Å². The highest BCUT2D eigenvalue weighted by Gasteiger charge is 2.29. The molecular weight excluding hydrogens is 326 g/mol. The summed E-state index contributed by atoms with van der Waals surface area (Å²) in [6.07, 6.45) is 0.876. The minimum absolute atomic E-state index is 0.00977. The maximum Gasteiger partial charge on any atom is 0.260 e. The largest absolute Gasteiger partial charge is 0.482 e. The van der Waals surface area contributed by atoms with E-state index < -0.39 is 0 Å². The SMILES string of the molecule is Cc1cc(C)nc(C2CCN(C(=O)COc3ccccc3Cl)C2)n1. The number of carbonyl (C=O) groups excluding carboxylic acids is 1. The molecule has 1 aliphatic heterocycles. The Labute approximate surface area is 146 Å². The van der Waals surface area contributed by atoms with Gasteiger partial charge in [-0.05, 0) is 38.5 Å². The van der Waals surface area contributed by atoms with E-state index in [4.69, 9.17) is 16.3 Å². The first-order valence-corrected chi connectivity index (χ1v) is 8.38. The van der Waals surface area contributed by atoms with Gasteiger partial charge in [0, 0.05) is 30.4 Å². The zero-order chi connectivity index (χ0) is 17.1. The highest BCUT2D eigenvalue weighted by molar-refractivity contribution is 6.32. The molecule has 1 aliphatic rings. The molecule has 24 heavy (non-hydrogen) atoms. The van der Waals surface area contributed by atoms with Crippen molar-refractivity contribution in [3.8, 4) is 5.75 Å². The van der Waals surface area contributed by atoms with Crippen LogP contribution in [-0.4, -0.2) is 40.5 Å². The Balaban J connectivity index is 1.59. The Kier molecular flexibility index (Phi) is 5.00. The van der Waals surface area contributed by atoms with Gasteiger partial charge in [0.25, 0.3) is 5.91 Å². The fourth-order valence-corrected chi connectivity index (χ4v) is 3.12. The number of ether oxygens (including phenoxy) is 1. The van der Waals surface area contributed by atoms with E-state index in [1.54, 1.807) is 12.1 Å². The first kappa shape index (κ1) is 16.7. The van der Waals surface area contributed by atoms with Crippen molar-refractivity contribution >= 4 is 17.5 Å². The number of aryl methyl sites for hydroxylation is 2. The average Bonchev–Trinajstić information content (AvgIpc) is 3.03. The van der Waals surface area contributed by atoms with Gasteiger partial charge in [-0.2, -0.15) is 0 Å². The van der Waals surface area contributed by atoms with E-state index in [2.05, 4.69) is 9.97 Å². The number of benzene rings is 1. The Morgan fingerprint density at radius 2 is 2.00 bits per heavy atom. The second-order valence-corrected chi connectivity index (χ2v) is 6.46. The molecule has 0 saturated carbocycles. The number of hydrogen-bond acceptors (Lipinski definition) is 4. The fraction of sp³-hybridized carbons (Fsp3) is 0.389. The molecule has 0 aliphatic carbocycles. The molecule has 126 valence electrons. The molecule has 1 atom stereocenters. The molecule has 0 spiro atoms. The number of aromatic nitrogens is 2. The summed E-state index contributed by atoms with van der Waals surface area (Å²) in [6.45, 7) is 5.25. The number of amides is 1. The predicted octanol–water partition coefficient (Wildman–Crippen LogP) is 3.14. The molecule has 1 amide bonds. The first-order chi connectivity index (χ1) is 11.5. The second kappa shape index (κ2) is 7.18. The van der Waals surface area contributed by atoms with E-state index >= 15 is 0 Å². The minimum atomic E-state index is -0.0400. The van der Waals surface area contributed by atoms with Crippen LogP contribution in [0.1, 0.15) is 29.6 Å². The highest BCUT2D eigenvalue weighted by Crippen LogP contribution is 2.26. The van der Waals surface area contributed by atoms with E-state index in [1.165, 1.54) is 0 Å². The number of halogens is 1. The van der Waals surface area contributed by atoms with Crippen molar-refractivity contribution in [2.24, 2.45) is 0 Å². The van der Waals surface area contributed by atoms with Crippen molar-refractivity contribution in [2.45, 2.75) is 26.2 Å². The van der Waals surface area contributed by atoms with Crippen LogP contribution in [0.2, 0.25) is 5.02 Å². The van der Waals surface area contributed by atoms with Crippen molar-refractivity contribution in [3.63, 3.8) is 0 Å². The van der Waals surface area contributed by atoms with Crippen LogP contribution in [0, 0.1) is 13.8 Å². The summed E-state index contributed by atoms with van der Waals surface area (Å²) in [7, 11) is 0. The molecule has 1 unspecified atom stereocenters. The van der Waals surface area contributed by atoms with E-state index in [1.807, 2.05) is 36.9 Å². The molecule has 6 heteroatoms. The third kappa shape index (κ3) is 3.85. The van der Waals surface area contributed by atoms with Crippen molar-refractivity contribution in [1.82, 2.24) is 14.9 Å². The van der Waals surface area contributed by atoms with Crippen molar-refractivity contribution < 1.29 is 9.53 Å². The molecule has 0 radical (unpaired) electrons. The minimum Gasteiger partial charge on any atom is -0.482 e. The van der Waals surface area contributed by atoms with Gasteiger partial charge in [-0.15, -0.1) is 0 Å². The molecule has 0 N–H and O–H groups in total. The van der Waals surface area contributed by atoms with Crippen LogP contribution in [0.4, 0.5) is 0 Å². The molecule has 0 bridgehead atoms. The van der Waals surface area contributed by atoms with Crippen molar-refractivity contribution in [1.29, 1.82) is 0 Å². The van der Waals surface area contributed by atoms with E-state index in [9.17, 15) is 4.79 Å². The fourth-order valence-electron chi connectivity index (χ4n) is 2.93. The van der Waals surface area contributed by atoms with Crippen LogP contribution < -0.4 is 4.74 Å². The molecule has 2 heterocycles. The van der Waals surface area contributed by atoms with Crippen molar-refractivity contribution in [2.75, 3.05) is 19.7 Å². The standard InChI is InChI=1S/C18H20ClN3O2/c1-12-9-13(2)21-18(20-12)14-7-8-22(10-14)17(23)11-24-16-6-4-3-5-15(16)19/h3-6,9,14H,7-8,10-11H2,1-2H3. The van der Waals surface area contributed by atoms with Crippen LogP contribution in [0.15, 0.2) is 30.3 Å². The molecule has 1 aromatic carbocycles. The number of rotatable bonds is 4. The number of hydrogen-bond donors (Lipinski definition) is 0. The first-order valence-electron chi connectivity index (χ1n) is 8.00. The number of nitrogens with zero attached hydrogens (tertiary/aromatic N) is 3. The number of likely N-dealkylation sites (tertiary alicyclic amines) is 1. The van der Waals surface area contributed by atoms with Gasteiger partial charge in [-0.3, -0.25) is 4.79 Å². The summed E-state index contributed by atoms with van der Waals surface area (Å²) in [6, 6.07) is 9.11. The molecule has 5 nitrogen and oxygen atoms in total. The summed E-state index contributed by atoms with van der Waals surface area (Å²) >= 11 is 6.03. The number of para-hydroxylation sites is 1. The third-order valence-electron chi connectivity index (χ3n) is 4.09. The van der Waals surface area contributed by atoms with Gasteiger partial charge in [-0.1, -0.05) is 23.7 Å². The third-order valence-corrected chi connectivity index (χ3v) is 4.41. The Bertz CT molecular complexity index is 731. The number of carbonyl (C=O) groups is 1. The van der Waals surface area contributed by atoms with Gasteiger partial charge in [0.1, 0.15) is 11.6 Å². The van der Waals surface area contributed by atoms with Crippen LogP contribution in [-0.2, 0) is 4.79 Å². The normalized spacial score (nSPS) is 17.1. The highest BCUT2D eigenvalue weighted by atomic mass is 35.5. The van der Waals surface area contributed by atoms with Crippen molar-refractivity contribution in [3.05, 3.63) is 52.6 Å². The van der Waals surface area contributed by atoms with Gasteiger partial charge in [-0.25, -0.2) is 9.97 Å². The maximum atomic E-state index is 12.4. The Morgan fingerprint density at radius 1 is 1.29 bits per heavy atom. The zero-order valence-electron chi connectivity index (χ0n) is 13.8. The lowest BCUT2D eigenvalue weighted by atomic mass is 10.1. The summed E-state index contributed by atoms with van der Waals surface area (Å²) < 4.78 is 5.54. The average molecular weight is 346 g/mol. The van der Waals surface area contributed by atoms with Crippen LogP contribution in [0.5, 0.6) is 5.75 Å². The summed E-state index contributed by atoms with van der Waals surface area (Å²) in [5.41, 5.74) is 1.92. The van der Waals surface area contributed by atoms with Crippen LogP contribution in [0.25, 0.3) is 0 Å². The maximum absolute atomic E-state index is 12.4. The molecule has 1 fully saturated rings. The second-order valence-electron chi connectivity index (χ2n) is 6.05. The van der Waals surface area contributed by atoms with Gasteiger partial charge >= 0.3 is 0 Å². The summed E-state index contributed by atoms with van der Waals surface area (Å²) in [4.78, 5) is 23.2. The van der Waals surface area contributed by atoms with Gasteiger partial charge in [0.2, 0.25) is 0 Å². The molecule has 3 rings (SSSR count). The zero-order valence-corrected chi connectivity index (χ0v) is 14.6. The molecule has 1 saturated heterocycles. The van der Waals surface area contributed by atoms with Gasteiger partial charge in [0.15, 0.2) is 6.61 Å². The lowest BCUT2D eigenvalue weighted by Gasteiger charge is -2.17. The molecular formula is C18H20ClN3O2. The van der Waals surface area contributed by atoms with Crippen LogP contribution in [0.3, 0.4) is 0 Å². The lowest BCUT2D eigenvalue weighted by Crippen LogP contribution is -2.33. The topological polar surface area (TPSA) is 55.3 Å². The van der Waals surface area contributed by atoms with Gasteiger partial charge < -0.3 is 9.64 Å². The lowest BCUT2D eigenvalue weighted by molar-refractivity contribution is -0.132. The van der Waals surface area contributed by atoms with E-state index in [-0.39, 0.29) is 18.4 Å². The monoisotopic (exact) mass is 345 g/mol. The van der Waals surface area contributed by atoms with Gasteiger partial charge in [0.05, 0.1) is 5.02 Å². The Hall–Kier alpha value is -2.14. The molecule has 2 aromatic rings. The smallest absolute Gasteiger partial charge is 0.260 e. The van der Waals surface area contributed by atoms with E-state index in [0.717, 1.165) is 23.6 Å². The summed E-state index contributed by atoms with van der Waals surface area (Å²) in [5, 5.41) is 0.508. The predicted molar refractivity (Wildman–Crippen MR) is 92.4 cm³/mol. The summed E-state index contributed by atoms with van der Waals surface area (Å²) in [5.74, 6) is 1.50. The molecule has 1 aromatic heterocycles. The Morgan fingerprint density at radius 3 is 2.71 bits per heavy atom.